The van der Waals surface area contributed by atoms with Gasteiger partial charge in [-0.05, 0) is 66.7 Å². The summed E-state index contributed by atoms with van der Waals surface area (Å²) < 4.78 is 7.95. The maximum absolute atomic E-state index is 6.51. The Kier molecular flexibility index (Phi) is 7.52. The third-order valence-corrected chi connectivity index (χ3v) is 7.59. The van der Waals surface area contributed by atoms with Gasteiger partial charge in [-0.2, -0.15) is 9.61 Å². The van der Waals surface area contributed by atoms with Crippen LogP contribution in [0, 0.1) is 5.92 Å². The molecule has 3 aromatic carbocycles. The zero-order chi connectivity index (χ0) is 26.6. The second-order valence-electron chi connectivity index (χ2n) is 10.3. The Morgan fingerprint density at radius 2 is 1.79 bits per heavy atom. The summed E-state index contributed by atoms with van der Waals surface area (Å²) in [7, 11) is 2.04. The van der Waals surface area contributed by atoms with Gasteiger partial charge in [-0.1, -0.05) is 60.1 Å². The highest BCUT2D eigenvalue weighted by Crippen LogP contribution is 2.29. The van der Waals surface area contributed by atoms with Crippen LogP contribution < -0.4 is 15.5 Å². The van der Waals surface area contributed by atoms with Gasteiger partial charge in [0.1, 0.15) is 25.2 Å². The number of aromatic nitrogens is 3. The molecule has 39 heavy (non-hydrogen) atoms. The van der Waals surface area contributed by atoms with Gasteiger partial charge in [0.25, 0.3) is 0 Å². The molecule has 1 atom stereocenters. The topological polar surface area (TPSA) is 54.7 Å². The molecular formula is C31H31BClN5O. The van der Waals surface area contributed by atoms with E-state index >= 15 is 0 Å². The first-order valence-electron chi connectivity index (χ1n) is 13.5. The lowest BCUT2D eigenvalue weighted by Gasteiger charge is -2.33. The number of hydrogen-bond donors (Lipinski definition) is 1. The van der Waals surface area contributed by atoms with Crippen LogP contribution in [0.3, 0.4) is 0 Å². The lowest BCUT2D eigenvalue weighted by molar-refractivity contribution is 0.173. The maximum Gasteiger partial charge on any atom is 0.151 e. The van der Waals surface area contributed by atoms with Gasteiger partial charge in [0.2, 0.25) is 0 Å². The Hall–Kier alpha value is -3.81. The number of nitrogens with zero attached hydrogens (tertiary/aromatic N) is 4. The summed E-state index contributed by atoms with van der Waals surface area (Å²) in [5, 5.41) is 8.97. The number of nitrogens with one attached hydrogen (secondary N) is 1. The Morgan fingerprint density at radius 1 is 0.974 bits per heavy atom. The van der Waals surface area contributed by atoms with Crippen LogP contribution in [-0.4, -0.2) is 47.0 Å². The van der Waals surface area contributed by atoms with Crippen molar-refractivity contribution in [3.8, 4) is 22.8 Å². The van der Waals surface area contributed by atoms with Crippen molar-refractivity contribution in [1.82, 2.24) is 19.5 Å². The van der Waals surface area contributed by atoms with Gasteiger partial charge >= 0.3 is 0 Å². The second-order valence-corrected chi connectivity index (χ2v) is 10.7. The molecule has 1 aliphatic rings. The van der Waals surface area contributed by atoms with Crippen molar-refractivity contribution in [2.24, 2.45) is 5.92 Å². The maximum atomic E-state index is 6.51. The van der Waals surface area contributed by atoms with Gasteiger partial charge in [-0.3, -0.25) is 4.90 Å². The molecule has 1 aliphatic heterocycles. The number of rotatable bonds is 8. The van der Waals surface area contributed by atoms with Crippen molar-refractivity contribution < 1.29 is 4.74 Å². The number of piperidine rings is 1. The molecule has 0 radical (unpaired) electrons. The summed E-state index contributed by atoms with van der Waals surface area (Å²) in [6, 6.07) is 28.3. The first kappa shape index (κ1) is 25.5. The minimum absolute atomic E-state index is 0.533. The van der Waals surface area contributed by atoms with E-state index < -0.39 is 0 Å². The van der Waals surface area contributed by atoms with E-state index in [1.54, 1.807) is 0 Å². The van der Waals surface area contributed by atoms with E-state index in [-0.39, 0.29) is 0 Å². The average Bonchev–Trinajstić information content (AvgIpc) is 3.33. The molecule has 6 rings (SSSR count). The summed E-state index contributed by atoms with van der Waals surface area (Å²) in [4.78, 5) is 7.42. The van der Waals surface area contributed by atoms with Gasteiger partial charge in [0.05, 0.1) is 5.69 Å². The smallest absolute Gasteiger partial charge is 0.151 e. The van der Waals surface area contributed by atoms with Crippen LogP contribution in [-0.2, 0) is 6.54 Å². The number of hydrogen-bond acceptors (Lipinski definition) is 5. The Morgan fingerprint density at radius 3 is 2.67 bits per heavy atom. The van der Waals surface area contributed by atoms with Gasteiger partial charge in [-0.25, -0.2) is 4.98 Å². The summed E-state index contributed by atoms with van der Waals surface area (Å²) >= 11 is 6.51. The Balaban J connectivity index is 1.13. The SMILES string of the molecule is Bc1cnn2c(NCC3CCCN(Cc4cccc(Oc5ccccc5)c4)C3)cc(-c3ccccc3Cl)nc12. The van der Waals surface area contributed by atoms with Crippen LogP contribution in [0.1, 0.15) is 18.4 Å². The number of likely N-dealkylation sites (tertiary alicyclic amines) is 1. The zero-order valence-electron chi connectivity index (χ0n) is 22.1. The number of benzene rings is 3. The highest BCUT2D eigenvalue weighted by molar-refractivity contribution is 6.36. The Bertz CT molecular complexity index is 1570. The van der Waals surface area contributed by atoms with Gasteiger partial charge < -0.3 is 10.1 Å². The molecule has 1 unspecified atom stereocenters. The van der Waals surface area contributed by atoms with Crippen LogP contribution in [0.15, 0.2) is 91.1 Å². The van der Waals surface area contributed by atoms with E-state index in [2.05, 4.69) is 39.6 Å². The molecule has 196 valence electrons. The van der Waals surface area contributed by atoms with Crippen molar-refractivity contribution in [2.45, 2.75) is 19.4 Å². The second kappa shape index (κ2) is 11.5. The first-order valence-corrected chi connectivity index (χ1v) is 13.9. The van der Waals surface area contributed by atoms with E-state index in [1.165, 1.54) is 18.4 Å². The lowest BCUT2D eigenvalue weighted by Crippen LogP contribution is -2.37. The number of ether oxygens (including phenoxy) is 1. The van der Waals surface area contributed by atoms with E-state index in [1.807, 2.05) is 79.2 Å². The standard InChI is InChI=1S/C31H31BClN5O/c32-27-19-35-38-30(17-29(36-31(27)38)26-13-4-5-14-28(26)33)34-18-23-9-7-15-37(21-23)20-22-8-6-12-25(16-22)39-24-10-2-1-3-11-24/h1-6,8,10-14,16-17,19,23,34H,7,9,15,18,20-21,32H2. The van der Waals surface area contributed by atoms with Crippen molar-refractivity contribution in [3.63, 3.8) is 0 Å². The minimum atomic E-state index is 0.533. The van der Waals surface area contributed by atoms with Crippen molar-refractivity contribution in [2.75, 3.05) is 25.0 Å². The summed E-state index contributed by atoms with van der Waals surface area (Å²) in [6.07, 6.45) is 4.25. The molecule has 1 fully saturated rings. The average molecular weight is 536 g/mol. The van der Waals surface area contributed by atoms with E-state index in [9.17, 15) is 0 Å². The molecule has 0 saturated carbocycles. The number of halogens is 1. The summed E-state index contributed by atoms with van der Waals surface area (Å²) in [5.41, 5.74) is 4.92. The van der Waals surface area contributed by atoms with E-state index in [0.717, 1.165) is 65.9 Å². The van der Waals surface area contributed by atoms with Crippen molar-refractivity contribution in [1.29, 1.82) is 0 Å². The van der Waals surface area contributed by atoms with Crippen molar-refractivity contribution >= 4 is 36.4 Å². The largest absolute Gasteiger partial charge is 0.457 e. The predicted octanol–water partition coefficient (Wildman–Crippen LogP) is 5.42. The molecular weight excluding hydrogens is 505 g/mol. The first-order chi connectivity index (χ1) is 19.1. The van der Waals surface area contributed by atoms with Crippen LogP contribution in [0.2, 0.25) is 5.02 Å². The minimum Gasteiger partial charge on any atom is -0.457 e. The highest BCUT2D eigenvalue weighted by Gasteiger charge is 2.21. The molecule has 1 saturated heterocycles. The molecule has 1 N–H and O–H groups in total. The van der Waals surface area contributed by atoms with E-state index in [4.69, 9.17) is 21.3 Å². The molecule has 5 aromatic rings. The fraction of sp³-hybridized carbons (Fsp3) is 0.226. The molecule has 6 nitrogen and oxygen atoms in total. The molecule has 0 bridgehead atoms. The monoisotopic (exact) mass is 535 g/mol. The van der Waals surface area contributed by atoms with E-state index in [0.29, 0.717) is 10.9 Å². The molecule has 0 amide bonds. The normalized spacial score (nSPS) is 15.9. The fourth-order valence-corrected chi connectivity index (χ4v) is 5.54. The van der Waals surface area contributed by atoms with Crippen LogP contribution in [0.25, 0.3) is 16.9 Å². The molecule has 0 spiro atoms. The summed E-state index contributed by atoms with van der Waals surface area (Å²) in [5.74, 6) is 3.20. The van der Waals surface area contributed by atoms with Gasteiger partial charge in [-0.15, -0.1) is 0 Å². The van der Waals surface area contributed by atoms with Crippen LogP contribution in [0.5, 0.6) is 11.5 Å². The van der Waals surface area contributed by atoms with Crippen LogP contribution in [0.4, 0.5) is 5.82 Å². The molecule has 2 aromatic heterocycles. The summed E-state index contributed by atoms with van der Waals surface area (Å²) in [6.45, 7) is 3.93. The number of anilines is 1. The quantitative estimate of drug-likeness (QED) is 0.269. The number of para-hydroxylation sites is 1. The Labute approximate surface area is 235 Å². The third kappa shape index (κ3) is 5.95. The number of fused-ring (bicyclic) bond motifs is 1. The van der Waals surface area contributed by atoms with Gasteiger partial charge in [0, 0.05) is 42.5 Å². The van der Waals surface area contributed by atoms with Crippen LogP contribution >= 0.6 is 11.6 Å². The lowest BCUT2D eigenvalue weighted by atomic mass is 9.97. The molecule has 0 aliphatic carbocycles. The van der Waals surface area contributed by atoms with Crippen molar-refractivity contribution in [3.05, 3.63) is 102 Å². The highest BCUT2D eigenvalue weighted by atomic mass is 35.5. The fourth-order valence-electron chi connectivity index (χ4n) is 5.31. The molecule has 8 heteroatoms. The predicted molar refractivity (Wildman–Crippen MR) is 161 cm³/mol. The zero-order valence-corrected chi connectivity index (χ0v) is 22.8. The molecule has 3 heterocycles. The van der Waals surface area contributed by atoms with Gasteiger partial charge in [0.15, 0.2) is 5.65 Å². The third-order valence-electron chi connectivity index (χ3n) is 7.26.